The largest absolute Gasteiger partial charge is 0.573 e. The average Bonchev–Trinajstić information content (AvgIpc) is 2.79. The fourth-order valence-corrected chi connectivity index (χ4v) is 2.31. The van der Waals surface area contributed by atoms with E-state index in [1.807, 2.05) is 0 Å². The van der Waals surface area contributed by atoms with Gasteiger partial charge in [-0.25, -0.2) is 4.98 Å². The van der Waals surface area contributed by atoms with Gasteiger partial charge >= 0.3 is 6.36 Å². The van der Waals surface area contributed by atoms with Crippen LogP contribution in [0, 0.1) is 0 Å². The molecule has 0 saturated carbocycles. The fourth-order valence-electron chi connectivity index (χ4n) is 2.31. The Labute approximate surface area is 123 Å². The number of nitrogens with zero attached hydrogens (tertiary/aromatic N) is 1. The van der Waals surface area contributed by atoms with E-state index in [9.17, 15) is 18.0 Å². The van der Waals surface area contributed by atoms with E-state index in [-0.39, 0.29) is 17.4 Å². The first-order chi connectivity index (χ1) is 10.4. The second-order valence-corrected chi connectivity index (χ2v) is 4.85. The SMILES string of the molecule is O=C1NCCCc2[nH]c(-c3cccc(OC(F)(F)F)c3)nc21. The van der Waals surface area contributed by atoms with Crippen LogP contribution in [0.3, 0.4) is 0 Å². The fraction of sp³-hybridized carbons (Fsp3) is 0.286. The number of benzene rings is 1. The summed E-state index contributed by atoms with van der Waals surface area (Å²) in [6.45, 7) is 0.577. The quantitative estimate of drug-likeness (QED) is 0.896. The van der Waals surface area contributed by atoms with Crippen molar-refractivity contribution >= 4 is 5.91 Å². The Hall–Kier alpha value is -2.51. The van der Waals surface area contributed by atoms with E-state index in [1.54, 1.807) is 6.07 Å². The first-order valence-electron chi connectivity index (χ1n) is 6.66. The van der Waals surface area contributed by atoms with E-state index >= 15 is 0 Å². The number of amides is 1. The van der Waals surface area contributed by atoms with Crippen LogP contribution >= 0.6 is 0 Å². The molecule has 1 aromatic heterocycles. The summed E-state index contributed by atoms with van der Waals surface area (Å²) >= 11 is 0. The highest BCUT2D eigenvalue weighted by Crippen LogP contribution is 2.27. The Morgan fingerprint density at radius 2 is 2.09 bits per heavy atom. The maximum Gasteiger partial charge on any atom is 0.573 e. The number of H-pyrrole nitrogens is 1. The number of fused-ring (bicyclic) bond motifs is 1. The van der Waals surface area contributed by atoms with Crippen molar-refractivity contribution in [1.82, 2.24) is 15.3 Å². The molecule has 2 aromatic rings. The van der Waals surface area contributed by atoms with E-state index in [0.29, 0.717) is 30.0 Å². The summed E-state index contributed by atoms with van der Waals surface area (Å²) in [5.41, 5.74) is 1.39. The smallest absolute Gasteiger partial charge is 0.406 e. The molecular formula is C14H12F3N3O2. The molecule has 0 fully saturated rings. The summed E-state index contributed by atoms with van der Waals surface area (Å²) in [4.78, 5) is 19.0. The van der Waals surface area contributed by atoms with Crippen LogP contribution in [0.4, 0.5) is 13.2 Å². The molecule has 1 amide bonds. The highest BCUT2D eigenvalue weighted by molar-refractivity contribution is 5.94. The molecule has 1 aromatic carbocycles. The second kappa shape index (κ2) is 5.36. The minimum absolute atomic E-state index is 0.280. The molecule has 0 radical (unpaired) electrons. The van der Waals surface area contributed by atoms with Gasteiger partial charge in [-0.1, -0.05) is 12.1 Å². The van der Waals surface area contributed by atoms with Crippen molar-refractivity contribution in [3.8, 4) is 17.1 Å². The van der Waals surface area contributed by atoms with Crippen LogP contribution in [-0.2, 0) is 6.42 Å². The van der Waals surface area contributed by atoms with Crippen molar-refractivity contribution in [3.05, 3.63) is 35.7 Å². The van der Waals surface area contributed by atoms with Gasteiger partial charge in [-0.05, 0) is 25.0 Å². The lowest BCUT2D eigenvalue weighted by Crippen LogP contribution is -2.23. The summed E-state index contributed by atoms with van der Waals surface area (Å²) in [7, 11) is 0. The summed E-state index contributed by atoms with van der Waals surface area (Å²) < 4.78 is 40.7. The highest BCUT2D eigenvalue weighted by atomic mass is 19.4. The van der Waals surface area contributed by atoms with Crippen LogP contribution < -0.4 is 10.1 Å². The Balaban J connectivity index is 1.93. The van der Waals surface area contributed by atoms with Gasteiger partial charge in [0.05, 0.1) is 0 Å². The van der Waals surface area contributed by atoms with Gasteiger partial charge in [-0.3, -0.25) is 4.79 Å². The molecule has 3 rings (SSSR count). The number of rotatable bonds is 2. The Kier molecular flexibility index (Phi) is 3.51. The van der Waals surface area contributed by atoms with Crippen molar-refractivity contribution in [2.75, 3.05) is 6.54 Å². The second-order valence-electron chi connectivity index (χ2n) is 4.85. The van der Waals surface area contributed by atoms with E-state index < -0.39 is 6.36 Å². The number of alkyl halides is 3. The van der Waals surface area contributed by atoms with Crippen LogP contribution in [0.1, 0.15) is 22.6 Å². The lowest BCUT2D eigenvalue weighted by molar-refractivity contribution is -0.274. The molecule has 0 aliphatic carbocycles. The van der Waals surface area contributed by atoms with Crippen LogP contribution in [0.25, 0.3) is 11.4 Å². The molecular weight excluding hydrogens is 299 g/mol. The number of aromatic amines is 1. The number of ether oxygens (including phenoxy) is 1. The Morgan fingerprint density at radius 1 is 1.27 bits per heavy atom. The molecule has 0 atom stereocenters. The maximum absolute atomic E-state index is 12.3. The van der Waals surface area contributed by atoms with Crippen molar-refractivity contribution in [1.29, 1.82) is 0 Å². The molecule has 116 valence electrons. The molecule has 0 spiro atoms. The maximum atomic E-state index is 12.3. The van der Waals surface area contributed by atoms with Gasteiger partial charge in [0, 0.05) is 17.8 Å². The van der Waals surface area contributed by atoms with Gasteiger partial charge in [-0.2, -0.15) is 0 Å². The van der Waals surface area contributed by atoms with Crippen LogP contribution in [0.5, 0.6) is 5.75 Å². The van der Waals surface area contributed by atoms with Crippen molar-refractivity contribution < 1.29 is 22.7 Å². The van der Waals surface area contributed by atoms with Gasteiger partial charge in [0.1, 0.15) is 17.3 Å². The van der Waals surface area contributed by atoms with Crippen LogP contribution in [-0.4, -0.2) is 28.8 Å². The van der Waals surface area contributed by atoms with Crippen LogP contribution in [0.15, 0.2) is 24.3 Å². The van der Waals surface area contributed by atoms with E-state index in [0.717, 1.165) is 6.42 Å². The zero-order valence-corrected chi connectivity index (χ0v) is 11.3. The number of imidazole rings is 1. The van der Waals surface area contributed by atoms with Crippen molar-refractivity contribution in [2.24, 2.45) is 0 Å². The highest BCUT2D eigenvalue weighted by Gasteiger charge is 2.31. The van der Waals surface area contributed by atoms with Gasteiger partial charge in [0.2, 0.25) is 0 Å². The van der Waals surface area contributed by atoms with Gasteiger partial charge in [-0.15, -0.1) is 13.2 Å². The number of aromatic nitrogens is 2. The summed E-state index contributed by atoms with van der Waals surface area (Å²) in [6, 6.07) is 5.46. The van der Waals surface area contributed by atoms with E-state index in [2.05, 4.69) is 20.0 Å². The minimum atomic E-state index is -4.75. The number of carbonyl (C=O) groups excluding carboxylic acids is 1. The van der Waals surface area contributed by atoms with Gasteiger partial charge in [0.25, 0.3) is 5.91 Å². The number of aryl methyl sites for hydroxylation is 1. The number of nitrogens with one attached hydrogen (secondary N) is 2. The zero-order chi connectivity index (χ0) is 15.7. The first kappa shape index (κ1) is 14.4. The summed E-state index contributed by atoms with van der Waals surface area (Å²) in [5, 5.41) is 2.71. The zero-order valence-electron chi connectivity index (χ0n) is 11.3. The summed E-state index contributed by atoms with van der Waals surface area (Å²) in [6.07, 6.45) is -3.32. The predicted molar refractivity (Wildman–Crippen MR) is 71.4 cm³/mol. The third-order valence-corrected chi connectivity index (χ3v) is 3.22. The topological polar surface area (TPSA) is 67.0 Å². The lowest BCUT2D eigenvalue weighted by atomic mass is 10.2. The summed E-state index contributed by atoms with van der Waals surface area (Å²) in [5.74, 6) is -0.270. The van der Waals surface area contributed by atoms with Crippen molar-refractivity contribution in [3.63, 3.8) is 0 Å². The monoisotopic (exact) mass is 311 g/mol. The normalized spacial score (nSPS) is 15.0. The standard InChI is InChI=1S/C14H12F3N3O2/c15-14(16,17)22-9-4-1-3-8(7-9)12-19-10-5-2-6-18-13(21)11(10)20-12/h1,3-4,7H,2,5-6H2,(H,18,21)(H,19,20). The van der Waals surface area contributed by atoms with Crippen LogP contribution in [0.2, 0.25) is 0 Å². The third kappa shape index (κ3) is 3.05. The first-order valence-corrected chi connectivity index (χ1v) is 6.66. The molecule has 1 aliphatic rings. The van der Waals surface area contributed by atoms with E-state index in [1.165, 1.54) is 18.2 Å². The molecule has 22 heavy (non-hydrogen) atoms. The Morgan fingerprint density at radius 3 is 2.86 bits per heavy atom. The minimum Gasteiger partial charge on any atom is -0.406 e. The molecule has 2 N–H and O–H groups in total. The van der Waals surface area contributed by atoms with Crippen molar-refractivity contribution in [2.45, 2.75) is 19.2 Å². The average molecular weight is 311 g/mol. The Bertz CT molecular complexity index is 710. The number of carbonyl (C=O) groups is 1. The molecule has 0 unspecified atom stereocenters. The predicted octanol–water partition coefficient (Wildman–Crippen LogP) is 2.65. The molecule has 1 aliphatic heterocycles. The molecule has 2 heterocycles. The number of hydrogen-bond acceptors (Lipinski definition) is 3. The third-order valence-electron chi connectivity index (χ3n) is 3.22. The van der Waals surface area contributed by atoms with Gasteiger partial charge < -0.3 is 15.0 Å². The van der Waals surface area contributed by atoms with E-state index in [4.69, 9.17) is 0 Å². The molecule has 8 heteroatoms. The number of hydrogen-bond donors (Lipinski definition) is 2. The van der Waals surface area contributed by atoms with Gasteiger partial charge in [0.15, 0.2) is 0 Å². The number of halogens is 3. The molecule has 0 bridgehead atoms. The molecule has 0 saturated heterocycles. The lowest BCUT2D eigenvalue weighted by Gasteiger charge is -2.09. The molecule has 5 nitrogen and oxygen atoms in total.